The minimum atomic E-state index is -3.79. The number of aromatic nitrogens is 3. The lowest BCUT2D eigenvalue weighted by atomic mass is 10.2. The SMILES string of the molecule is Cc1nn(-c2ccc(S(N)(=O)=O)cc2)c(=O)c2c(C)noc12. The van der Waals surface area contributed by atoms with Gasteiger partial charge in [-0.3, -0.25) is 4.79 Å². The number of nitrogens with zero attached hydrogens (tertiary/aromatic N) is 3. The van der Waals surface area contributed by atoms with Crippen LogP contribution in [-0.2, 0) is 10.0 Å². The number of aryl methyl sites for hydroxylation is 2. The Morgan fingerprint density at radius 1 is 1.14 bits per heavy atom. The first-order valence-corrected chi connectivity index (χ1v) is 7.83. The minimum absolute atomic E-state index is 0.0387. The average molecular weight is 320 g/mol. The lowest BCUT2D eigenvalue weighted by molar-refractivity contribution is 0.447. The molecule has 0 atom stereocenters. The highest BCUT2D eigenvalue weighted by atomic mass is 32.2. The highest BCUT2D eigenvalue weighted by molar-refractivity contribution is 7.89. The van der Waals surface area contributed by atoms with Crippen LogP contribution >= 0.6 is 0 Å². The third-order valence-electron chi connectivity index (χ3n) is 3.26. The van der Waals surface area contributed by atoms with Gasteiger partial charge in [-0.05, 0) is 38.1 Å². The molecule has 2 heterocycles. The third kappa shape index (κ3) is 2.20. The van der Waals surface area contributed by atoms with Crippen molar-refractivity contribution in [3.8, 4) is 5.69 Å². The summed E-state index contributed by atoms with van der Waals surface area (Å²) >= 11 is 0. The summed E-state index contributed by atoms with van der Waals surface area (Å²) < 4.78 is 28.8. The number of hydrogen-bond donors (Lipinski definition) is 1. The van der Waals surface area contributed by atoms with Crippen LogP contribution in [0.4, 0.5) is 0 Å². The van der Waals surface area contributed by atoms with E-state index in [9.17, 15) is 13.2 Å². The highest BCUT2D eigenvalue weighted by Gasteiger charge is 2.16. The van der Waals surface area contributed by atoms with Crippen LogP contribution in [0.1, 0.15) is 11.4 Å². The fourth-order valence-electron chi connectivity index (χ4n) is 2.17. The summed E-state index contributed by atoms with van der Waals surface area (Å²) in [4.78, 5) is 12.5. The van der Waals surface area contributed by atoms with Crippen LogP contribution in [0.5, 0.6) is 0 Å². The molecule has 0 saturated carbocycles. The number of rotatable bonds is 2. The fourth-order valence-corrected chi connectivity index (χ4v) is 2.68. The van der Waals surface area contributed by atoms with Crippen molar-refractivity contribution in [1.29, 1.82) is 0 Å². The lowest BCUT2D eigenvalue weighted by Crippen LogP contribution is -2.22. The second kappa shape index (κ2) is 4.75. The van der Waals surface area contributed by atoms with Crippen LogP contribution in [0, 0.1) is 13.8 Å². The van der Waals surface area contributed by atoms with Crippen molar-refractivity contribution < 1.29 is 12.9 Å². The minimum Gasteiger partial charge on any atom is -0.354 e. The van der Waals surface area contributed by atoms with Gasteiger partial charge in [0, 0.05) is 0 Å². The first-order chi connectivity index (χ1) is 10.3. The van der Waals surface area contributed by atoms with Crippen molar-refractivity contribution in [1.82, 2.24) is 14.9 Å². The average Bonchev–Trinajstić information content (AvgIpc) is 2.85. The molecular formula is C13H12N4O4S. The van der Waals surface area contributed by atoms with E-state index in [1.54, 1.807) is 13.8 Å². The maximum absolute atomic E-state index is 12.5. The number of benzene rings is 1. The summed E-state index contributed by atoms with van der Waals surface area (Å²) in [5.74, 6) is 0. The highest BCUT2D eigenvalue weighted by Crippen LogP contribution is 2.17. The predicted octanol–water partition coefficient (Wildman–Crippen LogP) is 0.638. The molecule has 0 amide bonds. The van der Waals surface area contributed by atoms with Gasteiger partial charge >= 0.3 is 0 Å². The van der Waals surface area contributed by atoms with Crippen LogP contribution in [0.2, 0.25) is 0 Å². The summed E-state index contributed by atoms with van der Waals surface area (Å²) in [7, 11) is -3.79. The van der Waals surface area contributed by atoms with Gasteiger partial charge in [-0.1, -0.05) is 5.16 Å². The van der Waals surface area contributed by atoms with Crippen LogP contribution in [-0.4, -0.2) is 23.4 Å². The Bertz CT molecular complexity index is 1030. The summed E-state index contributed by atoms with van der Waals surface area (Å²) in [5.41, 5.74) is 1.36. The second-order valence-corrected chi connectivity index (χ2v) is 6.37. The van der Waals surface area contributed by atoms with Gasteiger partial charge in [0.25, 0.3) is 5.56 Å². The zero-order valence-corrected chi connectivity index (χ0v) is 12.6. The first-order valence-electron chi connectivity index (χ1n) is 6.28. The smallest absolute Gasteiger partial charge is 0.284 e. The molecule has 0 aliphatic rings. The molecular weight excluding hydrogens is 308 g/mol. The molecule has 0 saturated heterocycles. The van der Waals surface area contributed by atoms with E-state index in [1.165, 1.54) is 28.9 Å². The second-order valence-electron chi connectivity index (χ2n) is 4.81. The molecule has 1 aromatic carbocycles. The van der Waals surface area contributed by atoms with E-state index < -0.39 is 10.0 Å². The molecule has 0 spiro atoms. The quantitative estimate of drug-likeness (QED) is 0.739. The van der Waals surface area contributed by atoms with Gasteiger partial charge < -0.3 is 4.52 Å². The first kappa shape index (κ1) is 14.4. The van der Waals surface area contributed by atoms with Crippen molar-refractivity contribution in [3.05, 3.63) is 46.0 Å². The molecule has 0 unspecified atom stereocenters. The zero-order chi connectivity index (χ0) is 16.1. The lowest BCUT2D eigenvalue weighted by Gasteiger charge is -2.06. The molecule has 0 radical (unpaired) electrons. The molecule has 3 rings (SSSR count). The maximum atomic E-state index is 12.5. The van der Waals surface area contributed by atoms with Gasteiger partial charge in [-0.25, -0.2) is 13.6 Å². The molecule has 8 nitrogen and oxygen atoms in total. The Morgan fingerprint density at radius 3 is 2.36 bits per heavy atom. The van der Waals surface area contributed by atoms with Gasteiger partial charge in [-0.2, -0.15) is 9.78 Å². The largest absolute Gasteiger partial charge is 0.354 e. The van der Waals surface area contributed by atoms with Gasteiger partial charge in [0.05, 0.1) is 16.3 Å². The normalized spacial score (nSPS) is 12.0. The fraction of sp³-hybridized carbons (Fsp3) is 0.154. The van der Waals surface area contributed by atoms with Crippen molar-refractivity contribution in [2.75, 3.05) is 0 Å². The predicted molar refractivity (Wildman–Crippen MR) is 78.2 cm³/mol. The Kier molecular flexibility index (Phi) is 3.11. The molecule has 114 valence electrons. The van der Waals surface area contributed by atoms with E-state index in [0.717, 1.165) is 0 Å². The van der Waals surface area contributed by atoms with Crippen LogP contribution in [0.15, 0.2) is 38.5 Å². The summed E-state index contributed by atoms with van der Waals surface area (Å²) in [6.07, 6.45) is 0. The third-order valence-corrected chi connectivity index (χ3v) is 4.19. The van der Waals surface area contributed by atoms with Crippen LogP contribution < -0.4 is 10.7 Å². The molecule has 0 fully saturated rings. The number of sulfonamides is 1. The molecule has 3 aromatic rings. The van der Waals surface area contributed by atoms with Crippen LogP contribution in [0.3, 0.4) is 0 Å². The van der Waals surface area contributed by atoms with Crippen molar-refractivity contribution in [3.63, 3.8) is 0 Å². The van der Waals surface area contributed by atoms with E-state index in [2.05, 4.69) is 10.3 Å². The van der Waals surface area contributed by atoms with Crippen molar-refractivity contribution in [2.24, 2.45) is 5.14 Å². The number of hydrogen-bond acceptors (Lipinski definition) is 6. The van der Waals surface area contributed by atoms with E-state index in [-0.39, 0.29) is 10.5 Å². The molecule has 9 heteroatoms. The van der Waals surface area contributed by atoms with Gasteiger partial charge in [0.1, 0.15) is 11.1 Å². The maximum Gasteiger partial charge on any atom is 0.284 e. The summed E-state index contributed by atoms with van der Waals surface area (Å²) in [5, 5.41) is 13.3. The molecule has 2 N–H and O–H groups in total. The Balaban J connectivity index is 2.25. The Labute approximate surface area is 125 Å². The Morgan fingerprint density at radius 2 is 1.77 bits per heavy atom. The van der Waals surface area contributed by atoms with Crippen molar-refractivity contribution >= 4 is 21.0 Å². The standard InChI is InChI=1S/C13H12N4O4S/c1-7-11-12(21-16-7)8(2)15-17(13(11)18)9-3-5-10(6-4-9)22(14,19)20/h3-6H,1-2H3,(H2,14,19,20). The number of nitrogens with two attached hydrogens (primary N) is 1. The van der Waals surface area contributed by atoms with Gasteiger partial charge in [0.2, 0.25) is 10.0 Å². The topological polar surface area (TPSA) is 121 Å². The summed E-state index contributed by atoms with van der Waals surface area (Å²) in [6, 6.07) is 5.56. The zero-order valence-electron chi connectivity index (χ0n) is 11.8. The van der Waals surface area contributed by atoms with Crippen LogP contribution in [0.25, 0.3) is 16.7 Å². The molecule has 0 aliphatic carbocycles. The molecule has 0 bridgehead atoms. The monoisotopic (exact) mass is 320 g/mol. The molecule has 2 aromatic heterocycles. The Hall–Kier alpha value is -2.52. The van der Waals surface area contributed by atoms with E-state index in [4.69, 9.17) is 9.66 Å². The van der Waals surface area contributed by atoms with E-state index in [0.29, 0.717) is 28.0 Å². The molecule has 22 heavy (non-hydrogen) atoms. The number of primary sulfonamides is 1. The van der Waals surface area contributed by atoms with E-state index >= 15 is 0 Å². The van der Waals surface area contributed by atoms with Crippen molar-refractivity contribution in [2.45, 2.75) is 18.7 Å². The van der Waals surface area contributed by atoms with Gasteiger partial charge in [-0.15, -0.1) is 0 Å². The van der Waals surface area contributed by atoms with Gasteiger partial charge in [0.15, 0.2) is 5.58 Å². The van der Waals surface area contributed by atoms with E-state index in [1.807, 2.05) is 0 Å². The molecule has 0 aliphatic heterocycles. The summed E-state index contributed by atoms with van der Waals surface area (Å²) in [6.45, 7) is 3.36. The number of fused-ring (bicyclic) bond motifs is 1.